The predicted molar refractivity (Wildman–Crippen MR) is 156 cm³/mol. The summed E-state index contributed by atoms with van der Waals surface area (Å²) in [6.45, 7) is 5.80. The Morgan fingerprint density at radius 1 is 1.13 bits per heavy atom. The highest BCUT2D eigenvalue weighted by Gasteiger charge is 2.52. The molecule has 4 aliphatic rings. The zero-order chi connectivity index (χ0) is 32.1. The van der Waals surface area contributed by atoms with Crippen molar-refractivity contribution in [2.45, 2.75) is 75.6 Å². The second-order valence-corrected chi connectivity index (χ2v) is 14.0. The predicted octanol–water partition coefficient (Wildman–Crippen LogP) is 5.55. The Morgan fingerprint density at radius 3 is 2.47 bits per heavy atom. The van der Waals surface area contributed by atoms with Gasteiger partial charge >= 0.3 is 21.6 Å². The van der Waals surface area contributed by atoms with E-state index in [0.29, 0.717) is 62.2 Å². The molecular formula is C31H35F4N3O6S. The highest BCUT2D eigenvalue weighted by Crippen LogP contribution is 2.48. The van der Waals surface area contributed by atoms with Gasteiger partial charge in [-0.2, -0.15) is 21.6 Å². The summed E-state index contributed by atoms with van der Waals surface area (Å²) in [5.41, 5.74) is -3.99. The molecule has 1 spiro atoms. The Kier molecular flexibility index (Phi) is 8.25. The van der Waals surface area contributed by atoms with Crippen molar-refractivity contribution in [1.29, 1.82) is 0 Å². The lowest BCUT2D eigenvalue weighted by Crippen LogP contribution is -2.61. The number of carbonyl (C=O) groups excluding carboxylic acids is 1. The van der Waals surface area contributed by atoms with Crippen molar-refractivity contribution in [2.75, 3.05) is 26.2 Å². The minimum Gasteiger partial charge on any atom is -0.466 e. The first-order valence-electron chi connectivity index (χ1n) is 15.1. The SMILES string of the molecule is CCOC(=O)C1CCN(C2=NOC3(C2)CN(Cc2cc(C4CC4)c(-c4ccc(F)cc4)cc2OS(=O)(=O)C(F)(F)F)C3)C(C)C1. The lowest BCUT2D eigenvalue weighted by molar-refractivity contribution is -0.149. The molecule has 0 N–H and O–H groups in total. The molecule has 0 radical (unpaired) electrons. The average Bonchev–Trinajstić information content (AvgIpc) is 3.71. The van der Waals surface area contributed by atoms with Gasteiger partial charge in [0.2, 0.25) is 0 Å². The molecule has 3 aliphatic heterocycles. The monoisotopic (exact) mass is 653 g/mol. The number of nitrogens with zero attached hydrogens (tertiary/aromatic N) is 3. The van der Waals surface area contributed by atoms with Crippen molar-refractivity contribution >= 4 is 21.9 Å². The molecule has 14 heteroatoms. The van der Waals surface area contributed by atoms with E-state index >= 15 is 0 Å². The molecule has 2 saturated heterocycles. The molecule has 2 unspecified atom stereocenters. The maximum absolute atomic E-state index is 13.6. The number of benzene rings is 2. The van der Waals surface area contributed by atoms with E-state index in [1.54, 1.807) is 13.0 Å². The van der Waals surface area contributed by atoms with Crippen molar-refractivity contribution in [3.63, 3.8) is 0 Å². The Hall–Kier alpha value is -3.39. The smallest absolute Gasteiger partial charge is 0.466 e. The topological polar surface area (TPSA) is 97.7 Å². The number of rotatable bonds is 8. The van der Waals surface area contributed by atoms with Crippen LogP contribution >= 0.6 is 0 Å². The number of halogens is 4. The number of oxime groups is 1. The van der Waals surface area contributed by atoms with E-state index in [1.807, 2.05) is 11.8 Å². The van der Waals surface area contributed by atoms with Crippen LogP contribution in [0.2, 0.25) is 0 Å². The number of hydrogen-bond donors (Lipinski definition) is 0. The molecule has 3 heterocycles. The van der Waals surface area contributed by atoms with Gasteiger partial charge in [0.1, 0.15) is 17.4 Å². The normalized spacial score (nSPS) is 23.3. The number of carbonyl (C=O) groups is 1. The first kappa shape index (κ1) is 31.6. The van der Waals surface area contributed by atoms with Gasteiger partial charge in [-0.15, -0.1) is 0 Å². The lowest BCUT2D eigenvalue weighted by Gasteiger charge is -2.46. The first-order chi connectivity index (χ1) is 21.3. The van der Waals surface area contributed by atoms with E-state index in [-0.39, 0.29) is 30.4 Å². The highest BCUT2D eigenvalue weighted by molar-refractivity contribution is 7.88. The van der Waals surface area contributed by atoms with Crippen molar-refractivity contribution in [3.05, 3.63) is 53.3 Å². The Balaban J connectivity index is 1.18. The van der Waals surface area contributed by atoms with Gasteiger partial charge in [-0.1, -0.05) is 17.3 Å². The van der Waals surface area contributed by atoms with Crippen molar-refractivity contribution in [1.82, 2.24) is 9.80 Å². The van der Waals surface area contributed by atoms with Crippen molar-refractivity contribution < 1.29 is 44.5 Å². The van der Waals surface area contributed by atoms with Gasteiger partial charge in [0.15, 0.2) is 5.60 Å². The van der Waals surface area contributed by atoms with Crippen LogP contribution < -0.4 is 4.18 Å². The van der Waals surface area contributed by atoms with Crippen LogP contribution in [0.5, 0.6) is 5.75 Å². The number of amidine groups is 1. The number of esters is 1. The van der Waals surface area contributed by atoms with Crippen LogP contribution in [0, 0.1) is 11.7 Å². The third-order valence-electron chi connectivity index (χ3n) is 8.96. The maximum Gasteiger partial charge on any atom is 0.534 e. The zero-order valence-corrected chi connectivity index (χ0v) is 25.8. The number of likely N-dealkylation sites (tertiary alicyclic amines) is 2. The Morgan fingerprint density at radius 2 is 1.84 bits per heavy atom. The van der Waals surface area contributed by atoms with Gasteiger partial charge in [-0.3, -0.25) is 9.69 Å². The standard InChI is InChI=1S/C31H35F4N3O6S/c1-3-42-29(39)22-10-11-38(19(2)12-22)28-15-30(44-36-28)17-37(18-30)16-23-13-25(20-4-5-20)26(21-6-8-24(32)9-7-21)14-27(23)43-45(40,41)31(33,34)35/h6-9,13-14,19-20,22H,3-5,10-12,15-18H2,1-2H3. The van der Waals surface area contributed by atoms with Crippen LogP contribution in [0.4, 0.5) is 17.6 Å². The summed E-state index contributed by atoms with van der Waals surface area (Å²) in [4.78, 5) is 22.2. The van der Waals surface area contributed by atoms with E-state index in [2.05, 4.69) is 10.1 Å². The van der Waals surface area contributed by atoms with E-state index in [0.717, 1.165) is 24.2 Å². The first-order valence-corrected chi connectivity index (χ1v) is 16.5. The zero-order valence-electron chi connectivity index (χ0n) is 25.0. The maximum atomic E-state index is 13.6. The van der Waals surface area contributed by atoms with Crippen molar-refractivity contribution in [3.8, 4) is 16.9 Å². The van der Waals surface area contributed by atoms with Crippen LogP contribution in [0.1, 0.15) is 63.0 Å². The minimum atomic E-state index is -5.94. The minimum absolute atomic E-state index is 0.0672. The second kappa shape index (κ2) is 11.8. The molecule has 3 fully saturated rings. The third kappa shape index (κ3) is 6.49. The molecular weight excluding hydrogens is 618 g/mol. The fourth-order valence-corrected chi connectivity index (χ4v) is 7.08. The lowest BCUT2D eigenvalue weighted by atomic mass is 9.87. The Labute approximate surface area is 259 Å². The molecule has 0 aromatic heterocycles. The van der Waals surface area contributed by atoms with E-state index in [1.165, 1.54) is 30.3 Å². The molecule has 9 nitrogen and oxygen atoms in total. The Bertz CT molecular complexity index is 1590. The largest absolute Gasteiger partial charge is 0.534 e. The van der Waals surface area contributed by atoms with Crippen LogP contribution in [0.15, 0.2) is 41.6 Å². The molecule has 2 atom stereocenters. The van der Waals surface area contributed by atoms with Gasteiger partial charge < -0.3 is 18.7 Å². The average molecular weight is 654 g/mol. The molecule has 244 valence electrons. The third-order valence-corrected chi connectivity index (χ3v) is 9.92. The summed E-state index contributed by atoms with van der Waals surface area (Å²) < 4.78 is 87.8. The molecule has 1 saturated carbocycles. The molecule has 0 bridgehead atoms. The quantitative estimate of drug-likeness (QED) is 0.158. The molecule has 2 aromatic carbocycles. The molecule has 2 aromatic rings. The fraction of sp³-hybridized carbons (Fsp3) is 0.548. The summed E-state index contributed by atoms with van der Waals surface area (Å²) >= 11 is 0. The summed E-state index contributed by atoms with van der Waals surface area (Å²) in [5.74, 6) is -0.266. The summed E-state index contributed by atoms with van der Waals surface area (Å²) in [5, 5.41) is 4.37. The summed E-state index contributed by atoms with van der Waals surface area (Å²) in [6.07, 6.45) is 3.61. The van der Waals surface area contributed by atoms with Gasteiger partial charge in [0, 0.05) is 37.8 Å². The van der Waals surface area contributed by atoms with Crippen LogP contribution in [-0.4, -0.2) is 73.4 Å². The van der Waals surface area contributed by atoms with E-state index in [4.69, 9.17) is 13.8 Å². The van der Waals surface area contributed by atoms with Gasteiger partial charge in [-0.05, 0) is 86.4 Å². The fourth-order valence-electron chi connectivity index (χ4n) is 6.60. The van der Waals surface area contributed by atoms with E-state index in [9.17, 15) is 30.8 Å². The van der Waals surface area contributed by atoms with E-state index < -0.39 is 32.8 Å². The summed E-state index contributed by atoms with van der Waals surface area (Å²) in [6, 6.07) is 8.61. The van der Waals surface area contributed by atoms with Gasteiger partial charge in [-0.25, -0.2) is 4.39 Å². The van der Waals surface area contributed by atoms with Crippen LogP contribution in [0.25, 0.3) is 11.1 Å². The number of piperidine rings is 1. The van der Waals surface area contributed by atoms with Crippen molar-refractivity contribution in [2.24, 2.45) is 11.1 Å². The molecule has 6 rings (SSSR count). The molecule has 1 aliphatic carbocycles. The number of hydrogen-bond acceptors (Lipinski definition) is 9. The highest BCUT2D eigenvalue weighted by atomic mass is 32.2. The summed E-state index contributed by atoms with van der Waals surface area (Å²) in [7, 11) is -5.94. The van der Waals surface area contributed by atoms with Gasteiger partial charge in [0.05, 0.1) is 18.9 Å². The second-order valence-electron chi connectivity index (χ2n) is 12.4. The molecule has 45 heavy (non-hydrogen) atoms. The number of alkyl halides is 3. The van der Waals surface area contributed by atoms with Gasteiger partial charge in [0.25, 0.3) is 0 Å². The van der Waals surface area contributed by atoms with Crippen LogP contribution in [-0.2, 0) is 31.0 Å². The molecule has 0 amide bonds. The number of ether oxygens (including phenoxy) is 1. The van der Waals surface area contributed by atoms with Crippen LogP contribution in [0.3, 0.4) is 0 Å².